The van der Waals surface area contributed by atoms with Crippen molar-refractivity contribution in [3.63, 3.8) is 0 Å². The molecule has 0 bridgehead atoms. The van der Waals surface area contributed by atoms with Crippen LogP contribution in [0.25, 0.3) is 0 Å². The number of anilines is 1. The third kappa shape index (κ3) is 4.69. The summed E-state index contributed by atoms with van der Waals surface area (Å²) >= 11 is 15.0. The van der Waals surface area contributed by atoms with Gasteiger partial charge in [0.15, 0.2) is 6.10 Å². The van der Waals surface area contributed by atoms with E-state index in [4.69, 9.17) is 27.9 Å². The van der Waals surface area contributed by atoms with Crippen molar-refractivity contribution >= 4 is 56.7 Å². The highest BCUT2D eigenvalue weighted by molar-refractivity contribution is 9.10. The Labute approximate surface area is 156 Å². The maximum absolute atomic E-state index is 13.0. The second-order valence-corrected chi connectivity index (χ2v) is 6.52. The van der Waals surface area contributed by atoms with Crippen LogP contribution in [0.4, 0.5) is 10.1 Å². The van der Waals surface area contributed by atoms with Gasteiger partial charge >= 0.3 is 5.97 Å². The van der Waals surface area contributed by atoms with Gasteiger partial charge in [-0.05, 0) is 43.3 Å². The molecular weight excluding hydrogens is 424 g/mol. The summed E-state index contributed by atoms with van der Waals surface area (Å²) in [6.45, 7) is 1.40. The van der Waals surface area contributed by atoms with Crippen LogP contribution in [0.5, 0.6) is 0 Å². The van der Waals surface area contributed by atoms with Crippen molar-refractivity contribution in [2.45, 2.75) is 13.0 Å². The second kappa shape index (κ2) is 7.96. The molecule has 2 rings (SSSR count). The van der Waals surface area contributed by atoms with Crippen LogP contribution in [0, 0.1) is 5.82 Å². The van der Waals surface area contributed by atoms with Gasteiger partial charge in [-0.2, -0.15) is 0 Å². The summed E-state index contributed by atoms with van der Waals surface area (Å²) in [6.07, 6.45) is -1.10. The van der Waals surface area contributed by atoms with Crippen LogP contribution in [0.15, 0.2) is 40.9 Å². The molecule has 1 N–H and O–H groups in total. The number of carbonyl (C=O) groups excluding carboxylic acids is 2. The molecule has 2 aromatic rings. The molecule has 1 atom stereocenters. The van der Waals surface area contributed by atoms with Gasteiger partial charge in [-0.1, -0.05) is 39.1 Å². The highest BCUT2D eigenvalue weighted by atomic mass is 79.9. The van der Waals surface area contributed by atoms with E-state index in [1.165, 1.54) is 25.1 Å². The molecule has 0 saturated carbocycles. The zero-order valence-electron chi connectivity index (χ0n) is 12.3. The number of ether oxygens (including phenoxy) is 1. The minimum absolute atomic E-state index is 0.0388. The van der Waals surface area contributed by atoms with Crippen molar-refractivity contribution in [1.82, 2.24) is 0 Å². The average Bonchev–Trinajstić information content (AvgIpc) is 2.52. The molecule has 0 heterocycles. The molecule has 0 aliphatic rings. The van der Waals surface area contributed by atoms with E-state index in [1.54, 1.807) is 6.07 Å². The fourth-order valence-electron chi connectivity index (χ4n) is 1.76. The SMILES string of the molecule is CC(OC(=O)c1cc(Br)ccc1Cl)C(=O)Nc1ccc(F)cc1Cl. The van der Waals surface area contributed by atoms with Crippen molar-refractivity contribution in [2.75, 3.05) is 5.32 Å². The summed E-state index contributed by atoms with van der Waals surface area (Å²) in [5.74, 6) is -1.88. The first kappa shape index (κ1) is 18.7. The molecule has 1 amide bonds. The third-order valence-corrected chi connectivity index (χ3v) is 4.13. The molecule has 0 aromatic heterocycles. The maximum Gasteiger partial charge on any atom is 0.340 e. The van der Waals surface area contributed by atoms with E-state index in [0.717, 1.165) is 12.1 Å². The van der Waals surface area contributed by atoms with Crippen LogP contribution in [-0.4, -0.2) is 18.0 Å². The van der Waals surface area contributed by atoms with Gasteiger partial charge in [0.25, 0.3) is 5.91 Å². The molecule has 0 aliphatic carbocycles. The molecule has 24 heavy (non-hydrogen) atoms. The Bertz CT molecular complexity index is 801. The molecule has 0 fully saturated rings. The van der Waals surface area contributed by atoms with E-state index in [-0.39, 0.29) is 21.3 Å². The minimum atomic E-state index is -1.10. The summed E-state index contributed by atoms with van der Waals surface area (Å²) in [5, 5.41) is 2.71. The van der Waals surface area contributed by atoms with Gasteiger partial charge in [-0.25, -0.2) is 9.18 Å². The summed E-state index contributed by atoms with van der Waals surface area (Å²) in [6, 6.07) is 8.23. The zero-order valence-corrected chi connectivity index (χ0v) is 15.4. The van der Waals surface area contributed by atoms with Crippen molar-refractivity contribution < 1.29 is 18.7 Å². The summed E-state index contributed by atoms with van der Waals surface area (Å²) in [5.41, 5.74) is 0.344. The van der Waals surface area contributed by atoms with Gasteiger partial charge < -0.3 is 10.1 Å². The molecule has 0 saturated heterocycles. The topological polar surface area (TPSA) is 55.4 Å². The predicted octanol–water partition coefficient (Wildman–Crippen LogP) is 5.08. The number of halogens is 4. The van der Waals surface area contributed by atoms with E-state index >= 15 is 0 Å². The number of carbonyl (C=O) groups is 2. The molecule has 2 aromatic carbocycles. The largest absolute Gasteiger partial charge is 0.449 e. The number of nitrogens with one attached hydrogen (secondary N) is 1. The molecule has 0 spiro atoms. The monoisotopic (exact) mass is 433 g/mol. The quantitative estimate of drug-likeness (QED) is 0.682. The van der Waals surface area contributed by atoms with Crippen LogP contribution in [0.2, 0.25) is 10.0 Å². The van der Waals surface area contributed by atoms with Crippen molar-refractivity contribution in [3.8, 4) is 0 Å². The zero-order chi connectivity index (χ0) is 17.9. The van der Waals surface area contributed by atoms with Gasteiger partial charge in [-0.15, -0.1) is 0 Å². The lowest BCUT2D eigenvalue weighted by Crippen LogP contribution is -2.30. The molecule has 4 nitrogen and oxygen atoms in total. The summed E-state index contributed by atoms with van der Waals surface area (Å²) in [4.78, 5) is 24.2. The van der Waals surface area contributed by atoms with Gasteiger partial charge in [-0.3, -0.25) is 4.79 Å². The first-order chi connectivity index (χ1) is 11.3. The molecule has 0 radical (unpaired) electrons. The van der Waals surface area contributed by atoms with E-state index in [2.05, 4.69) is 21.2 Å². The molecule has 126 valence electrons. The highest BCUT2D eigenvalue weighted by Gasteiger charge is 2.21. The minimum Gasteiger partial charge on any atom is -0.449 e. The number of esters is 1. The average molecular weight is 435 g/mol. The van der Waals surface area contributed by atoms with E-state index in [0.29, 0.717) is 4.47 Å². The standard InChI is InChI=1S/C16H11BrCl2FNO3/c1-8(15(22)21-14-5-3-10(20)7-13(14)19)24-16(23)11-6-9(17)2-4-12(11)18/h2-8H,1H3,(H,21,22). The number of hydrogen-bond donors (Lipinski definition) is 1. The highest BCUT2D eigenvalue weighted by Crippen LogP contribution is 2.24. The number of hydrogen-bond acceptors (Lipinski definition) is 3. The fourth-order valence-corrected chi connectivity index (χ4v) is 2.53. The van der Waals surface area contributed by atoms with Crippen LogP contribution < -0.4 is 5.32 Å². The van der Waals surface area contributed by atoms with Crippen molar-refractivity contribution in [1.29, 1.82) is 0 Å². The van der Waals surface area contributed by atoms with E-state index in [1.807, 2.05) is 0 Å². The Hall–Kier alpha value is -1.63. The molecule has 1 unspecified atom stereocenters. The van der Waals surface area contributed by atoms with E-state index in [9.17, 15) is 14.0 Å². The van der Waals surface area contributed by atoms with Crippen molar-refractivity contribution in [2.24, 2.45) is 0 Å². The molecule has 8 heteroatoms. The Balaban J connectivity index is 2.05. The lowest BCUT2D eigenvalue weighted by molar-refractivity contribution is -0.123. The van der Waals surface area contributed by atoms with Crippen LogP contribution in [0.3, 0.4) is 0 Å². The smallest absolute Gasteiger partial charge is 0.340 e. The Morgan fingerprint density at radius 1 is 1.17 bits per heavy atom. The lowest BCUT2D eigenvalue weighted by Gasteiger charge is -2.15. The van der Waals surface area contributed by atoms with Crippen LogP contribution in [-0.2, 0) is 9.53 Å². The fraction of sp³-hybridized carbons (Fsp3) is 0.125. The summed E-state index contributed by atoms with van der Waals surface area (Å²) in [7, 11) is 0. The van der Waals surface area contributed by atoms with Gasteiger partial charge in [0, 0.05) is 4.47 Å². The normalized spacial score (nSPS) is 11.7. The second-order valence-electron chi connectivity index (χ2n) is 4.79. The number of amides is 1. The van der Waals surface area contributed by atoms with Crippen LogP contribution in [0.1, 0.15) is 17.3 Å². The Kier molecular flexibility index (Phi) is 6.21. The van der Waals surface area contributed by atoms with Gasteiger partial charge in [0.05, 0.1) is 21.3 Å². The van der Waals surface area contributed by atoms with Gasteiger partial charge in [0.1, 0.15) is 5.82 Å². The van der Waals surface area contributed by atoms with E-state index < -0.39 is 23.8 Å². The summed E-state index contributed by atoms with van der Waals surface area (Å²) < 4.78 is 18.7. The van der Waals surface area contributed by atoms with Gasteiger partial charge in [0.2, 0.25) is 0 Å². The third-order valence-electron chi connectivity index (χ3n) is 2.99. The van der Waals surface area contributed by atoms with Crippen LogP contribution >= 0.6 is 39.1 Å². The van der Waals surface area contributed by atoms with Crippen molar-refractivity contribution in [3.05, 3.63) is 62.3 Å². The maximum atomic E-state index is 13.0. The Morgan fingerprint density at radius 3 is 2.54 bits per heavy atom. The first-order valence-electron chi connectivity index (χ1n) is 6.70. The predicted molar refractivity (Wildman–Crippen MR) is 94.1 cm³/mol. The lowest BCUT2D eigenvalue weighted by atomic mass is 10.2. The number of benzene rings is 2. The molecular formula is C16H11BrCl2FNO3. The first-order valence-corrected chi connectivity index (χ1v) is 8.25. The number of rotatable bonds is 4. The molecule has 0 aliphatic heterocycles. The Morgan fingerprint density at radius 2 is 1.88 bits per heavy atom.